The highest BCUT2D eigenvalue weighted by Crippen LogP contribution is 2.43. The van der Waals surface area contributed by atoms with Gasteiger partial charge >= 0.3 is 5.97 Å². The summed E-state index contributed by atoms with van der Waals surface area (Å²) in [6, 6.07) is 13.0. The van der Waals surface area contributed by atoms with Crippen molar-refractivity contribution < 1.29 is 19.4 Å². The lowest BCUT2D eigenvalue weighted by Gasteiger charge is -2.09. The number of nitrogens with one attached hydrogen (secondary N) is 1. The number of rotatable bonds is 6. The number of aromatic carboxylic acids is 1. The third kappa shape index (κ3) is 4.19. The summed E-state index contributed by atoms with van der Waals surface area (Å²) in [6.45, 7) is 3.83. The van der Waals surface area contributed by atoms with Gasteiger partial charge in [0.2, 0.25) is 0 Å². The highest BCUT2D eigenvalue weighted by molar-refractivity contribution is 7.94. The number of hydrogen-bond donors (Lipinski definition) is 3. The van der Waals surface area contributed by atoms with Gasteiger partial charge in [-0.05, 0) is 54.3 Å². The van der Waals surface area contributed by atoms with Crippen LogP contribution in [0.2, 0.25) is 5.02 Å². The van der Waals surface area contributed by atoms with Crippen LogP contribution < -0.4 is 5.64 Å². The molecule has 0 fully saturated rings. The summed E-state index contributed by atoms with van der Waals surface area (Å²) in [6.07, 6.45) is 0. The van der Waals surface area contributed by atoms with E-state index in [9.17, 15) is 9.90 Å². The predicted octanol–water partition coefficient (Wildman–Crippen LogP) is 5.97. The Balaban J connectivity index is 2.11. The molecular weight excluding hydrogens is 406 g/mol. The molecule has 0 aliphatic heterocycles. The molecule has 3 N–H and O–H groups in total. The minimum atomic E-state index is -0.956. The van der Waals surface area contributed by atoms with Crippen molar-refractivity contribution in [3.05, 3.63) is 63.5 Å². The zero-order valence-corrected chi connectivity index (χ0v) is 16.8. The van der Waals surface area contributed by atoms with Gasteiger partial charge in [-0.2, -0.15) is 0 Å². The first-order valence-electron chi connectivity index (χ1n) is 7.88. The summed E-state index contributed by atoms with van der Waals surface area (Å²) in [4.78, 5) is 13.9. The first kappa shape index (κ1) is 19.9. The zero-order chi connectivity index (χ0) is 19.6. The molecule has 0 aliphatic carbocycles. The van der Waals surface area contributed by atoms with Crippen LogP contribution in [0.3, 0.4) is 0 Å². The topological polar surface area (TPSA) is 78.8 Å². The maximum absolute atomic E-state index is 11.9. The molecule has 2 aromatic carbocycles. The van der Waals surface area contributed by atoms with Gasteiger partial charge in [-0.15, -0.1) is 11.3 Å². The smallest absolute Gasteiger partial charge is 0.346 e. The van der Waals surface area contributed by atoms with Crippen molar-refractivity contribution in [1.82, 2.24) is 5.64 Å². The van der Waals surface area contributed by atoms with Gasteiger partial charge in [0.25, 0.3) is 0 Å². The molecule has 0 radical (unpaired) electrons. The van der Waals surface area contributed by atoms with Gasteiger partial charge in [0.05, 0.1) is 12.0 Å². The Morgan fingerprint density at radius 2 is 1.81 bits per heavy atom. The number of aryl methyl sites for hydroxylation is 1. The van der Waals surface area contributed by atoms with Crippen LogP contribution in [-0.2, 0) is 4.28 Å². The summed E-state index contributed by atoms with van der Waals surface area (Å²) >= 11 is 8.21. The monoisotopic (exact) mass is 421 g/mol. The molecule has 0 aliphatic rings. The second-order valence-corrected chi connectivity index (χ2v) is 8.04. The molecule has 8 heteroatoms. The van der Waals surface area contributed by atoms with Crippen molar-refractivity contribution in [2.24, 2.45) is 0 Å². The fourth-order valence-corrected chi connectivity index (χ4v) is 4.59. The number of benzene rings is 2. The average molecular weight is 422 g/mol. The van der Waals surface area contributed by atoms with Crippen molar-refractivity contribution in [2.75, 3.05) is 0 Å². The van der Waals surface area contributed by atoms with E-state index in [0.29, 0.717) is 15.5 Å². The predicted molar refractivity (Wildman–Crippen MR) is 108 cm³/mol. The summed E-state index contributed by atoms with van der Waals surface area (Å²) in [5, 5.41) is 18.9. The van der Waals surface area contributed by atoms with E-state index in [1.807, 2.05) is 44.2 Å². The summed E-state index contributed by atoms with van der Waals surface area (Å²) in [7, 11) is 0. The number of carboxylic acids is 1. The summed E-state index contributed by atoms with van der Waals surface area (Å²) < 4.78 is 4.72. The standard InChI is InChI=1S/C19H16ClNO4S2/c1-10-9-13(5-8-15(10)27-25-21-24)16-11(2)17(26-18(16)19(22)23)12-3-6-14(20)7-4-12/h3-9,21,24H,1-2H3,(H,22,23). The SMILES string of the molecule is Cc1cc(-c2c(C(=O)O)sc(-c3ccc(Cl)cc3)c2C)ccc1SONO. The first-order chi connectivity index (χ1) is 12.9. The van der Waals surface area contributed by atoms with Gasteiger partial charge in [-0.1, -0.05) is 41.5 Å². The Morgan fingerprint density at radius 3 is 2.41 bits per heavy atom. The quantitative estimate of drug-likeness (QED) is 0.336. The number of carbonyl (C=O) groups is 1. The lowest BCUT2D eigenvalue weighted by atomic mass is 9.98. The highest BCUT2D eigenvalue weighted by Gasteiger charge is 2.22. The molecule has 0 spiro atoms. The molecule has 0 atom stereocenters. The van der Waals surface area contributed by atoms with Crippen LogP contribution in [0.15, 0.2) is 47.4 Å². The third-order valence-electron chi connectivity index (χ3n) is 4.08. The van der Waals surface area contributed by atoms with Gasteiger partial charge in [0, 0.05) is 20.4 Å². The van der Waals surface area contributed by atoms with Gasteiger partial charge in [-0.3, -0.25) is 5.21 Å². The molecule has 27 heavy (non-hydrogen) atoms. The summed E-state index contributed by atoms with van der Waals surface area (Å²) in [5.74, 6) is -0.956. The second-order valence-electron chi connectivity index (χ2n) is 5.81. The van der Waals surface area contributed by atoms with E-state index in [1.54, 1.807) is 17.8 Å². The minimum absolute atomic E-state index is 0.297. The molecule has 0 saturated carbocycles. The van der Waals surface area contributed by atoms with Crippen LogP contribution in [0.25, 0.3) is 21.6 Å². The fourth-order valence-electron chi connectivity index (χ4n) is 2.85. The van der Waals surface area contributed by atoms with Crippen LogP contribution in [0.1, 0.15) is 20.8 Å². The van der Waals surface area contributed by atoms with E-state index in [0.717, 1.165) is 44.1 Å². The van der Waals surface area contributed by atoms with E-state index in [1.165, 1.54) is 11.3 Å². The maximum Gasteiger partial charge on any atom is 0.346 e. The van der Waals surface area contributed by atoms with Crippen molar-refractivity contribution in [3.63, 3.8) is 0 Å². The summed E-state index contributed by atoms with van der Waals surface area (Å²) in [5.41, 5.74) is 5.90. The van der Waals surface area contributed by atoms with Gasteiger partial charge in [0.15, 0.2) is 0 Å². The molecule has 0 amide bonds. The Morgan fingerprint density at radius 1 is 1.15 bits per heavy atom. The number of thiophene rings is 1. The Kier molecular flexibility index (Phi) is 6.21. The van der Waals surface area contributed by atoms with Gasteiger partial charge in [-0.25, -0.2) is 9.08 Å². The molecular formula is C19H16ClNO4S2. The second kappa shape index (κ2) is 8.43. The van der Waals surface area contributed by atoms with Crippen molar-refractivity contribution in [3.8, 4) is 21.6 Å². The largest absolute Gasteiger partial charge is 0.477 e. The van der Waals surface area contributed by atoms with Crippen LogP contribution in [0.4, 0.5) is 0 Å². The number of halogens is 1. The normalized spacial score (nSPS) is 11.0. The van der Waals surface area contributed by atoms with E-state index < -0.39 is 5.97 Å². The van der Waals surface area contributed by atoms with E-state index >= 15 is 0 Å². The van der Waals surface area contributed by atoms with E-state index in [2.05, 4.69) is 0 Å². The molecule has 1 heterocycles. The number of carboxylic acid groups (broad SMARTS) is 1. The Bertz CT molecular complexity index is 986. The lowest BCUT2D eigenvalue weighted by molar-refractivity contribution is -0.0273. The van der Waals surface area contributed by atoms with E-state index in [-0.39, 0.29) is 0 Å². The fraction of sp³-hybridized carbons (Fsp3) is 0.105. The molecule has 3 rings (SSSR count). The van der Waals surface area contributed by atoms with Crippen LogP contribution in [-0.4, -0.2) is 16.3 Å². The Labute approximate surface area is 169 Å². The van der Waals surface area contributed by atoms with Crippen molar-refractivity contribution in [1.29, 1.82) is 0 Å². The lowest BCUT2D eigenvalue weighted by Crippen LogP contribution is -2.01. The molecule has 5 nitrogen and oxygen atoms in total. The van der Waals surface area contributed by atoms with Crippen LogP contribution in [0.5, 0.6) is 0 Å². The third-order valence-corrected chi connectivity index (χ3v) is 6.46. The van der Waals surface area contributed by atoms with Gasteiger partial charge < -0.3 is 5.11 Å². The molecule has 140 valence electrons. The maximum atomic E-state index is 11.9. The Hall–Kier alpha value is -1.87. The van der Waals surface area contributed by atoms with Crippen molar-refractivity contribution >= 4 is 40.9 Å². The van der Waals surface area contributed by atoms with Crippen LogP contribution in [0, 0.1) is 13.8 Å². The molecule has 0 saturated heterocycles. The van der Waals surface area contributed by atoms with Crippen molar-refractivity contribution in [2.45, 2.75) is 18.7 Å². The first-order valence-corrected chi connectivity index (χ1v) is 9.82. The number of hydrogen-bond acceptors (Lipinski definition) is 6. The molecule has 0 bridgehead atoms. The molecule has 1 aromatic heterocycles. The molecule has 0 unspecified atom stereocenters. The highest BCUT2D eigenvalue weighted by atomic mass is 35.5. The minimum Gasteiger partial charge on any atom is -0.477 e. The van der Waals surface area contributed by atoms with Crippen LogP contribution >= 0.6 is 35.0 Å². The molecule has 3 aromatic rings. The van der Waals surface area contributed by atoms with E-state index in [4.69, 9.17) is 21.1 Å². The zero-order valence-electron chi connectivity index (χ0n) is 14.4. The average Bonchev–Trinajstić information content (AvgIpc) is 2.99. The van der Waals surface area contributed by atoms with Gasteiger partial charge in [0.1, 0.15) is 4.88 Å².